The Bertz CT molecular complexity index is 1280. The summed E-state index contributed by atoms with van der Waals surface area (Å²) in [5.41, 5.74) is 2.47. The Morgan fingerprint density at radius 2 is 2.14 bits per heavy atom. The van der Waals surface area contributed by atoms with Crippen LogP contribution in [0.4, 0.5) is 22.1 Å². The predicted octanol–water partition coefficient (Wildman–Crippen LogP) is 1.46. The second-order valence-corrected chi connectivity index (χ2v) is 8.66. The van der Waals surface area contributed by atoms with Crippen molar-refractivity contribution in [3.63, 3.8) is 0 Å². The summed E-state index contributed by atoms with van der Waals surface area (Å²) in [7, 11) is 1.90. The van der Waals surface area contributed by atoms with E-state index in [4.69, 9.17) is 6.42 Å². The topological polar surface area (TPSA) is 135 Å². The van der Waals surface area contributed by atoms with Gasteiger partial charge in [0.15, 0.2) is 6.29 Å². The molecule has 0 aromatic carbocycles. The number of terminal acetylenes is 1. The fourth-order valence-corrected chi connectivity index (χ4v) is 4.27. The first-order chi connectivity index (χ1) is 17.4. The molecule has 0 saturated carbocycles. The van der Waals surface area contributed by atoms with Crippen LogP contribution in [0.5, 0.6) is 0 Å². The van der Waals surface area contributed by atoms with Gasteiger partial charge in [-0.25, -0.2) is 14.8 Å². The lowest BCUT2D eigenvalue weighted by atomic mass is 10.0. The summed E-state index contributed by atoms with van der Waals surface area (Å²) in [6, 6.07) is 4.99. The number of fused-ring (bicyclic) bond motifs is 1. The molecule has 0 spiro atoms. The maximum absolute atomic E-state index is 13.2. The number of hydrogen-bond acceptors (Lipinski definition) is 8. The molecule has 2 aliphatic rings. The zero-order valence-corrected chi connectivity index (χ0v) is 20.0. The highest BCUT2D eigenvalue weighted by Gasteiger charge is 2.28. The number of amides is 3. The number of nitriles is 1. The SMILES string of the molecule is C#CCNc1cc(NC(=O)N2CCCc3cc(CN4CCN(C)CC4=O)c(C=O)nc32)ncc1C#N. The van der Waals surface area contributed by atoms with E-state index in [2.05, 4.69) is 26.5 Å². The highest BCUT2D eigenvalue weighted by Crippen LogP contribution is 2.29. The van der Waals surface area contributed by atoms with E-state index in [-0.39, 0.29) is 24.0 Å². The summed E-state index contributed by atoms with van der Waals surface area (Å²) in [6.45, 7) is 2.61. The Balaban J connectivity index is 1.55. The van der Waals surface area contributed by atoms with E-state index in [0.29, 0.717) is 67.9 Å². The Kier molecular flexibility index (Phi) is 7.42. The summed E-state index contributed by atoms with van der Waals surface area (Å²) in [6.07, 6.45) is 8.71. The van der Waals surface area contributed by atoms with E-state index in [1.807, 2.05) is 24.1 Å². The lowest BCUT2D eigenvalue weighted by Crippen LogP contribution is -2.48. The van der Waals surface area contributed by atoms with Crippen LogP contribution < -0.4 is 15.5 Å². The van der Waals surface area contributed by atoms with Crippen LogP contribution in [0.2, 0.25) is 0 Å². The Morgan fingerprint density at radius 1 is 1.31 bits per heavy atom. The molecule has 4 rings (SSSR count). The van der Waals surface area contributed by atoms with Crippen LogP contribution in [0.25, 0.3) is 0 Å². The fraction of sp³-hybridized carbons (Fsp3) is 0.360. The highest BCUT2D eigenvalue weighted by atomic mass is 16.2. The van der Waals surface area contributed by atoms with Gasteiger partial charge in [0.25, 0.3) is 0 Å². The molecule has 0 atom stereocenters. The molecule has 4 heterocycles. The molecule has 184 valence electrons. The van der Waals surface area contributed by atoms with Gasteiger partial charge in [-0.05, 0) is 31.5 Å². The lowest BCUT2D eigenvalue weighted by molar-refractivity contribution is -0.136. The van der Waals surface area contributed by atoms with E-state index in [0.717, 1.165) is 12.1 Å². The van der Waals surface area contributed by atoms with E-state index < -0.39 is 6.03 Å². The number of carbonyl (C=O) groups is 3. The normalized spacial score (nSPS) is 15.5. The van der Waals surface area contributed by atoms with Crippen molar-refractivity contribution >= 4 is 35.5 Å². The molecule has 11 heteroatoms. The largest absolute Gasteiger partial charge is 0.373 e. The van der Waals surface area contributed by atoms with Crippen LogP contribution in [-0.2, 0) is 17.8 Å². The third-order valence-electron chi connectivity index (χ3n) is 6.14. The average Bonchev–Trinajstić information content (AvgIpc) is 2.88. The van der Waals surface area contributed by atoms with Crippen molar-refractivity contribution in [1.29, 1.82) is 5.26 Å². The molecule has 0 unspecified atom stereocenters. The maximum Gasteiger partial charge on any atom is 0.328 e. The molecule has 0 bridgehead atoms. The van der Waals surface area contributed by atoms with Crippen LogP contribution in [0, 0.1) is 23.7 Å². The van der Waals surface area contributed by atoms with Crippen LogP contribution in [0.3, 0.4) is 0 Å². The van der Waals surface area contributed by atoms with Gasteiger partial charge in [0.1, 0.15) is 23.4 Å². The third kappa shape index (κ3) is 5.27. The molecule has 2 aromatic rings. The highest BCUT2D eigenvalue weighted by molar-refractivity contribution is 6.02. The summed E-state index contributed by atoms with van der Waals surface area (Å²) in [5, 5.41) is 14.9. The van der Waals surface area contributed by atoms with Gasteiger partial charge in [0.05, 0.1) is 24.3 Å². The monoisotopic (exact) mass is 486 g/mol. The standard InChI is InChI=1S/C25H26N8O3/c1-3-6-27-20-11-22(28-13-19(20)12-26)30-25(36)33-7-4-5-17-10-18(21(16-34)29-24(17)33)14-32-9-8-31(2)15-23(32)35/h1,10-11,13,16H,4-9,14-15H2,2H3,(H2,27,28,30,36). The number of hydrogen-bond donors (Lipinski definition) is 2. The van der Waals surface area contributed by atoms with E-state index in [1.54, 1.807) is 11.0 Å². The number of nitrogens with one attached hydrogen (secondary N) is 2. The number of urea groups is 1. The zero-order valence-electron chi connectivity index (χ0n) is 20.0. The number of piperazine rings is 1. The molecular formula is C25H26N8O3. The Labute approximate surface area is 209 Å². The predicted molar refractivity (Wildman–Crippen MR) is 133 cm³/mol. The van der Waals surface area contributed by atoms with E-state index in [9.17, 15) is 19.6 Å². The first-order valence-electron chi connectivity index (χ1n) is 11.5. The molecule has 0 aliphatic carbocycles. The average molecular weight is 487 g/mol. The van der Waals surface area contributed by atoms with Gasteiger partial charge in [-0.15, -0.1) is 6.42 Å². The fourth-order valence-electron chi connectivity index (χ4n) is 4.27. The van der Waals surface area contributed by atoms with Gasteiger partial charge < -0.3 is 10.2 Å². The van der Waals surface area contributed by atoms with E-state index in [1.165, 1.54) is 11.1 Å². The Hall–Kier alpha value is -4.48. The number of aryl methyl sites for hydroxylation is 1. The van der Waals surface area contributed by atoms with Crippen molar-refractivity contribution in [2.24, 2.45) is 0 Å². The van der Waals surface area contributed by atoms with Gasteiger partial charge in [-0.2, -0.15) is 5.26 Å². The van der Waals surface area contributed by atoms with Gasteiger partial charge >= 0.3 is 6.03 Å². The Morgan fingerprint density at radius 3 is 2.86 bits per heavy atom. The molecule has 36 heavy (non-hydrogen) atoms. The second-order valence-electron chi connectivity index (χ2n) is 8.66. The summed E-state index contributed by atoms with van der Waals surface area (Å²) in [5.74, 6) is 3.10. The van der Waals surface area contributed by atoms with E-state index >= 15 is 0 Å². The number of likely N-dealkylation sites (N-methyl/N-ethyl adjacent to an activating group) is 1. The molecule has 2 aromatic heterocycles. The van der Waals surface area contributed by atoms with Crippen LogP contribution >= 0.6 is 0 Å². The number of anilines is 3. The summed E-state index contributed by atoms with van der Waals surface area (Å²) >= 11 is 0. The minimum Gasteiger partial charge on any atom is -0.373 e. The third-order valence-corrected chi connectivity index (χ3v) is 6.14. The first-order valence-corrected chi connectivity index (χ1v) is 11.5. The van der Waals surface area contributed by atoms with Crippen molar-refractivity contribution in [2.75, 3.05) is 55.3 Å². The van der Waals surface area contributed by atoms with Crippen molar-refractivity contribution < 1.29 is 14.4 Å². The lowest BCUT2D eigenvalue weighted by Gasteiger charge is -2.33. The molecule has 0 radical (unpaired) electrons. The number of aldehydes is 1. The molecular weight excluding hydrogens is 460 g/mol. The number of aromatic nitrogens is 2. The molecule has 1 saturated heterocycles. The zero-order chi connectivity index (χ0) is 25.7. The van der Waals surface area contributed by atoms with Crippen molar-refractivity contribution in [2.45, 2.75) is 19.4 Å². The first kappa shape index (κ1) is 24.6. The van der Waals surface area contributed by atoms with Crippen molar-refractivity contribution in [3.05, 3.63) is 40.7 Å². The van der Waals surface area contributed by atoms with Crippen molar-refractivity contribution in [3.8, 4) is 18.4 Å². The van der Waals surface area contributed by atoms with Gasteiger partial charge in [-0.1, -0.05) is 5.92 Å². The quantitative estimate of drug-likeness (QED) is 0.463. The number of carbonyl (C=O) groups excluding carboxylic acids is 3. The summed E-state index contributed by atoms with van der Waals surface area (Å²) < 4.78 is 0. The van der Waals surface area contributed by atoms with Gasteiger partial charge in [-0.3, -0.25) is 24.7 Å². The molecule has 3 amide bonds. The summed E-state index contributed by atoms with van der Waals surface area (Å²) in [4.78, 5) is 51.3. The second kappa shape index (κ2) is 10.8. The number of nitrogens with zero attached hydrogens (tertiary/aromatic N) is 6. The molecule has 2 N–H and O–H groups in total. The minimum atomic E-state index is -0.456. The molecule has 11 nitrogen and oxygen atoms in total. The number of pyridine rings is 2. The smallest absolute Gasteiger partial charge is 0.328 e. The van der Waals surface area contributed by atoms with Crippen LogP contribution in [-0.4, -0.2) is 77.8 Å². The maximum atomic E-state index is 13.2. The number of rotatable bonds is 6. The molecule has 1 fully saturated rings. The van der Waals surface area contributed by atoms with Gasteiger partial charge in [0.2, 0.25) is 5.91 Å². The minimum absolute atomic E-state index is 0.00495. The van der Waals surface area contributed by atoms with Crippen molar-refractivity contribution in [1.82, 2.24) is 19.8 Å². The van der Waals surface area contributed by atoms with Crippen LogP contribution in [0.1, 0.15) is 33.6 Å². The van der Waals surface area contributed by atoms with Crippen LogP contribution in [0.15, 0.2) is 18.3 Å². The molecule has 2 aliphatic heterocycles. The van der Waals surface area contributed by atoms with Gasteiger partial charge in [0, 0.05) is 44.0 Å².